The van der Waals surface area contributed by atoms with Crippen LogP contribution in [0.25, 0.3) is 11.4 Å². The Labute approximate surface area is 139 Å². The van der Waals surface area contributed by atoms with Gasteiger partial charge in [0.15, 0.2) is 11.5 Å². The van der Waals surface area contributed by atoms with Crippen molar-refractivity contribution in [1.29, 1.82) is 0 Å². The van der Waals surface area contributed by atoms with E-state index in [1.165, 1.54) is 30.4 Å². The average molecular weight is 333 g/mol. The standard InChI is InChI=1S/C15H19N5O4/c1-15(2,3)24-14(22)19-9-6-16-12(17-7-9)10-8-18-20(4)11(10)13(21)23-5/h6-8H,1-5H3,(H,19,22). The molecule has 0 aliphatic heterocycles. The Kier molecular flexibility index (Phi) is 4.82. The quantitative estimate of drug-likeness (QED) is 0.856. The Balaban J connectivity index is 2.19. The van der Waals surface area contributed by atoms with Crippen LogP contribution < -0.4 is 5.32 Å². The topological polar surface area (TPSA) is 108 Å². The smallest absolute Gasteiger partial charge is 0.412 e. The lowest BCUT2D eigenvalue weighted by molar-refractivity contribution is 0.0587. The fraction of sp³-hybridized carbons (Fsp3) is 0.400. The van der Waals surface area contributed by atoms with E-state index in [1.54, 1.807) is 27.8 Å². The number of aryl methyl sites for hydroxylation is 1. The summed E-state index contributed by atoms with van der Waals surface area (Å²) in [4.78, 5) is 31.8. The van der Waals surface area contributed by atoms with Gasteiger partial charge < -0.3 is 9.47 Å². The van der Waals surface area contributed by atoms with Gasteiger partial charge in [0.05, 0.1) is 37.0 Å². The molecule has 0 aromatic carbocycles. The number of nitrogens with zero attached hydrogens (tertiary/aromatic N) is 4. The summed E-state index contributed by atoms with van der Waals surface area (Å²) in [6.07, 6.45) is 3.71. The Hall–Kier alpha value is -2.97. The zero-order chi connectivity index (χ0) is 17.9. The fourth-order valence-electron chi connectivity index (χ4n) is 1.89. The third kappa shape index (κ3) is 4.06. The number of methoxy groups -OCH3 is 1. The van der Waals surface area contributed by atoms with Crippen LogP contribution in [0.5, 0.6) is 0 Å². The number of carbonyl (C=O) groups excluding carboxylic acids is 2. The number of carbonyl (C=O) groups is 2. The van der Waals surface area contributed by atoms with E-state index >= 15 is 0 Å². The predicted molar refractivity (Wildman–Crippen MR) is 85.4 cm³/mol. The average Bonchev–Trinajstić information content (AvgIpc) is 2.87. The van der Waals surface area contributed by atoms with Crippen molar-refractivity contribution in [3.05, 3.63) is 24.3 Å². The molecule has 0 aliphatic rings. The highest BCUT2D eigenvalue weighted by molar-refractivity contribution is 5.94. The molecular formula is C15H19N5O4. The van der Waals surface area contributed by atoms with Crippen LogP contribution >= 0.6 is 0 Å². The van der Waals surface area contributed by atoms with E-state index in [0.717, 1.165) is 0 Å². The van der Waals surface area contributed by atoms with E-state index in [1.807, 2.05) is 0 Å². The maximum atomic E-state index is 11.8. The molecule has 0 fully saturated rings. The van der Waals surface area contributed by atoms with Gasteiger partial charge in [0.25, 0.3) is 0 Å². The second-order valence-corrected chi connectivity index (χ2v) is 5.94. The minimum Gasteiger partial charge on any atom is -0.464 e. The normalized spacial score (nSPS) is 11.0. The minimum absolute atomic E-state index is 0.241. The van der Waals surface area contributed by atoms with Gasteiger partial charge in [-0.05, 0) is 20.8 Å². The maximum absolute atomic E-state index is 11.8. The number of anilines is 1. The van der Waals surface area contributed by atoms with Crippen LogP contribution in [-0.2, 0) is 16.5 Å². The number of amides is 1. The van der Waals surface area contributed by atoms with Gasteiger partial charge in [0.1, 0.15) is 5.60 Å². The molecule has 128 valence electrons. The van der Waals surface area contributed by atoms with E-state index in [9.17, 15) is 9.59 Å². The van der Waals surface area contributed by atoms with Crippen LogP contribution in [-0.4, -0.2) is 44.5 Å². The van der Waals surface area contributed by atoms with Gasteiger partial charge in [-0.25, -0.2) is 19.6 Å². The highest BCUT2D eigenvalue weighted by atomic mass is 16.6. The van der Waals surface area contributed by atoms with Crippen molar-refractivity contribution in [1.82, 2.24) is 19.7 Å². The molecule has 1 N–H and O–H groups in total. The van der Waals surface area contributed by atoms with Crippen molar-refractivity contribution in [2.45, 2.75) is 26.4 Å². The summed E-state index contributed by atoms with van der Waals surface area (Å²) in [7, 11) is 2.90. The van der Waals surface area contributed by atoms with Crippen LogP contribution in [0.4, 0.5) is 10.5 Å². The molecule has 24 heavy (non-hydrogen) atoms. The summed E-state index contributed by atoms with van der Waals surface area (Å²) in [5.41, 5.74) is 0.450. The largest absolute Gasteiger partial charge is 0.464 e. The Morgan fingerprint density at radius 1 is 1.17 bits per heavy atom. The zero-order valence-corrected chi connectivity index (χ0v) is 14.2. The van der Waals surface area contributed by atoms with Gasteiger partial charge in [-0.15, -0.1) is 0 Å². The summed E-state index contributed by atoms with van der Waals surface area (Å²) < 4.78 is 11.3. The molecule has 0 spiro atoms. The summed E-state index contributed by atoms with van der Waals surface area (Å²) in [5, 5.41) is 6.55. The molecule has 0 atom stereocenters. The highest BCUT2D eigenvalue weighted by Crippen LogP contribution is 2.21. The number of rotatable bonds is 3. The maximum Gasteiger partial charge on any atom is 0.412 e. The molecule has 9 heteroatoms. The first kappa shape index (κ1) is 17.4. The summed E-state index contributed by atoms with van der Waals surface area (Å²) >= 11 is 0. The van der Waals surface area contributed by atoms with Crippen LogP contribution in [0, 0.1) is 0 Å². The molecule has 2 rings (SSSR count). The molecule has 0 unspecified atom stereocenters. The number of hydrogen-bond acceptors (Lipinski definition) is 7. The molecule has 0 saturated heterocycles. The number of ether oxygens (including phenoxy) is 2. The molecule has 0 bridgehead atoms. The lowest BCUT2D eigenvalue weighted by Crippen LogP contribution is -2.27. The van der Waals surface area contributed by atoms with E-state index in [0.29, 0.717) is 17.1 Å². The Morgan fingerprint density at radius 2 is 1.79 bits per heavy atom. The van der Waals surface area contributed by atoms with Gasteiger partial charge in [-0.3, -0.25) is 10.00 Å². The van der Waals surface area contributed by atoms with Gasteiger partial charge in [0, 0.05) is 7.05 Å². The molecule has 0 saturated carbocycles. The third-order valence-corrected chi connectivity index (χ3v) is 2.86. The molecule has 2 heterocycles. The Morgan fingerprint density at radius 3 is 2.33 bits per heavy atom. The van der Waals surface area contributed by atoms with Crippen LogP contribution in [0.2, 0.25) is 0 Å². The second-order valence-electron chi connectivity index (χ2n) is 5.94. The molecular weight excluding hydrogens is 314 g/mol. The predicted octanol–water partition coefficient (Wildman–Crippen LogP) is 2.01. The number of nitrogens with one attached hydrogen (secondary N) is 1. The zero-order valence-electron chi connectivity index (χ0n) is 14.2. The summed E-state index contributed by atoms with van der Waals surface area (Å²) in [6, 6.07) is 0. The summed E-state index contributed by atoms with van der Waals surface area (Å²) in [6.45, 7) is 5.30. The van der Waals surface area contributed by atoms with Gasteiger partial charge >= 0.3 is 12.1 Å². The highest BCUT2D eigenvalue weighted by Gasteiger charge is 2.21. The first-order chi connectivity index (χ1) is 11.2. The first-order valence-corrected chi connectivity index (χ1v) is 7.14. The Bertz CT molecular complexity index is 746. The van der Waals surface area contributed by atoms with Crippen LogP contribution in [0.15, 0.2) is 18.6 Å². The van der Waals surface area contributed by atoms with E-state index in [-0.39, 0.29) is 5.69 Å². The van der Waals surface area contributed by atoms with Gasteiger partial charge in [-0.2, -0.15) is 5.10 Å². The van der Waals surface area contributed by atoms with Crippen molar-refractivity contribution in [2.24, 2.45) is 7.05 Å². The van der Waals surface area contributed by atoms with Gasteiger partial charge in [-0.1, -0.05) is 0 Å². The lowest BCUT2D eigenvalue weighted by atomic mass is 10.2. The van der Waals surface area contributed by atoms with Gasteiger partial charge in [0.2, 0.25) is 0 Å². The number of aromatic nitrogens is 4. The second kappa shape index (κ2) is 6.65. The molecule has 1 amide bonds. The van der Waals surface area contributed by atoms with E-state index in [4.69, 9.17) is 9.47 Å². The molecule has 9 nitrogen and oxygen atoms in total. The number of esters is 1. The third-order valence-electron chi connectivity index (χ3n) is 2.86. The van der Waals surface area contributed by atoms with Crippen molar-refractivity contribution < 1.29 is 19.1 Å². The first-order valence-electron chi connectivity index (χ1n) is 7.14. The van der Waals surface area contributed by atoms with E-state index < -0.39 is 17.7 Å². The van der Waals surface area contributed by atoms with Crippen LogP contribution in [0.1, 0.15) is 31.3 Å². The van der Waals surface area contributed by atoms with E-state index in [2.05, 4.69) is 20.4 Å². The van der Waals surface area contributed by atoms with Crippen LogP contribution in [0.3, 0.4) is 0 Å². The molecule has 0 radical (unpaired) electrons. The molecule has 2 aromatic rings. The lowest BCUT2D eigenvalue weighted by Gasteiger charge is -2.19. The molecule has 0 aliphatic carbocycles. The van der Waals surface area contributed by atoms with Crippen molar-refractivity contribution in [3.63, 3.8) is 0 Å². The number of hydrogen-bond donors (Lipinski definition) is 1. The van der Waals surface area contributed by atoms with Crippen molar-refractivity contribution in [3.8, 4) is 11.4 Å². The fourth-order valence-corrected chi connectivity index (χ4v) is 1.89. The SMILES string of the molecule is COC(=O)c1c(-c2ncc(NC(=O)OC(C)(C)C)cn2)cnn1C. The van der Waals surface area contributed by atoms with Crippen molar-refractivity contribution >= 4 is 17.7 Å². The monoisotopic (exact) mass is 333 g/mol. The molecule has 2 aromatic heterocycles. The van der Waals surface area contributed by atoms with Crippen molar-refractivity contribution in [2.75, 3.05) is 12.4 Å². The minimum atomic E-state index is -0.601. The summed E-state index contributed by atoms with van der Waals surface area (Å²) in [5.74, 6) is -0.247.